The molecule has 0 radical (unpaired) electrons. The Morgan fingerprint density at radius 2 is 2.14 bits per heavy atom. The Kier molecular flexibility index (Phi) is 10.4. The average molecular weight is 189 g/mol. The van der Waals surface area contributed by atoms with Crippen LogP contribution in [0.4, 0.5) is 0 Å². The molecule has 0 heterocycles. The zero-order chi connectivity index (χ0) is 4.99. The molecule has 0 fully saturated rings. The fourth-order valence-electron chi connectivity index (χ4n) is 0.0340. The first-order valence-corrected chi connectivity index (χ1v) is 2.47. The molecular formula is CH5N3S2Zn. The van der Waals surface area contributed by atoms with Crippen LogP contribution in [0.25, 0.3) is 0 Å². The zero-order valence-corrected chi connectivity index (χ0v) is 8.28. The molecule has 0 aromatic heterocycles. The van der Waals surface area contributed by atoms with Crippen LogP contribution in [0.2, 0.25) is 0 Å². The quantitative estimate of drug-likeness (QED) is 0.155. The molecule has 0 aliphatic carbocycles. The van der Waals surface area contributed by atoms with Crippen molar-refractivity contribution in [2.45, 2.75) is 0 Å². The molecule has 3 nitrogen and oxygen atoms in total. The summed E-state index contributed by atoms with van der Waals surface area (Å²) in [6.45, 7) is 0. The van der Waals surface area contributed by atoms with Gasteiger partial charge in [-0.25, -0.2) is 5.84 Å². The van der Waals surface area contributed by atoms with Gasteiger partial charge in [-0.2, -0.15) is 0 Å². The summed E-state index contributed by atoms with van der Waals surface area (Å²) in [5.41, 5.74) is 2.18. The van der Waals surface area contributed by atoms with Gasteiger partial charge >= 0.3 is 0 Å². The van der Waals surface area contributed by atoms with Crippen molar-refractivity contribution >= 4 is 28.5 Å². The molecule has 0 rings (SSSR count). The topological polar surface area (TPSA) is 64.1 Å². The summed E-state index contributed by atoms with van der Waals surface area (Å²) in [6.07, 6.45) is 0. The third kappa shape index (κ3) is 6.78. The van der Waals surface area contributed by atoms with Gasteiger partial charge in [0.05, 0.1) is 0 Å². The smallest absolute Gasteiger partial charge is 0.162 e. The number of hydrogen-bond donors (Lipinski definition) is 3. The van der Waals surface area contributed by atoms with E-state index in [0.717, 1.165) is 11.9 Å². The zero-order valence-electron chi connectivity index (χ0n) is 3.68. The Bertz CT molecular complexity index is 50.9. The SMILES string of the molecule is NNC(=S)SN.[Zn]. The van der Waals surface area contributed by atoms with Crippen LogP contribution in [0.1, 0.15) is 0 Å². The minimum Gasteiger partial charge on any atom is -0.308 e. The normalized spacial score (nSPS) is 6.57. The van der Waals surface area contributed by atoms with Crippen molar-refractivity contribution in [3.05, 3.63) is 0 Å². The summed E-state index contributed by atoms with van der Waals surface area (Å²) in [4.78, 5) is 0. The van der Waals surface area contributed by atoms with Crippen LogP contribution in [0.15, 0.2) is 0 Å². The van der Waals surface area contributed by atoms with Crippen LogP contribution < -0.4 is 16.4 Å². The minimum atomic E-state index is 0. The molecule has 6 heteroatoms. The largest absolute Gasteiger partial charge is 0.308 e. The van der Waals surface area contributed by atoms with Gasteiger partial charge in [0.15, 0.2) is 4.32 Å². The van der Waals surface area contributed by atoms with E-state index < -0.39 is 0 Å². The van der Waals surface area contributed by atoms with Crippen LogP contribution in [-0.4, -0.2) is 4.32 Å². The first kappa shape index (κ1) is 10.7. The number of hydrogen-bond acceptors (Lipinski definition) is 4. The summed E-state index contributed by atoms with van der Waals surface area (Å²) in [5.74, 6) is 4.79. The van der Waals surface area contributed by atoms with Crippen LogP contribution in [-0.2, 0) is 19.5 Å². The fourth-order valence-corrected chi connectivity index (χ4v) is 0.102. The first-order valence-electron chi connectivity index (χ1n) is 1.18. The second kappa shape index (κ2) is 6.78. The molecule has 38 valence electrons. The van der Waals surface area contributed by atoms with Crippen molar-refractivity contribution in [1.29, 1.82) is 0 Å². The number of nitrogens with two attached hydrogens (primary N) is 2. The molecular weight excluding hydrogens is 184 g/mol. The Hall–Kier alpha value is 0.783. The Morgan fingerprint density at radius 3 is 2.14 bits per heavy atom. The Morgan fingerprint density at radius 1 is 1.71 bits per heavy atom. The van der Waals surface area contributed by atoms with E-state index in [2.05, 4.69) is 17.6 Å². The predicted molar refractivity (Wildman–Crippen MR) is 31.7 cm³/mol. The average Bonchev–Trinajstić information content (AvgIpc) is 1.65. The number of nitrogens with one attached hydrogen (secondary N) is 1. The molecule has 0 aliphatic rings. The van der Waals surface area contributed by atoms with Gasteiger partial charge in [-0.1, -0.05) is 12.2 Å². The monoisotopic (exact) mass is 187 g/mol. The fraction of sp³-hybridized carbons (Fsp3) is 0. The summed E-state index contributed by atoms with van der Waals surface area (Å²) < 4.78 is 0.398. The van der Waals surface area contributed by atoms with Gasteiger partial charge in [-0.3, -0.25) is 5.14 Å². The van der Waals surface area contributed by atoms with Crippen LogP contribution in [0.5, 0.6) is 0 Å². The summed E-state index contributed by atoms with van der Waals surface area (Å²) in [7, 11) is 0. The van der Waals surface area contributed by atoms with Crippen LogP contribution in [0, 0.1) is 0 Å². The van der Waals surface area contributed by atoms with Crippen molar-refractivity contribution in [3.63, 3.8) is 0 Å². The number of rotatable bonds is 0. The van der Waals surface area contributed by atoms with E-state index in [1.165, 1.54) is 0 Å². The van der Waals surface area contributed by atoms with E-state index in [1.54, 1.807) is 0 Å². The maximum absolute atomic E-state index is 4.92. The van der Waals surface area contributed by atoms with Gasteiger partial charge in [-0.15, -0.1) is 0 Å². The molecule has 0 aromatic carbocycles. The van der Waals surface area contributed by atoms with E-state index in [1.807, 2.05) is 0 Å². The van der Waals surface area contributed by atoms with Gasteiger partial charge in [0.1, 0.15) is 0 Å². The second-order valence-corrected chi connectivity index (χ2v) is 1.86. The standard InChI is InChI=1S/CH5N3S2.Zn/c2-4-1(5)6-3;/h2-3H2,(H,4,5);. The van der Waals surface area contributed by atoms with Gasteiger partial charge in [0.25, 0.3) is 0 Å². The minimum absolute atomic E-state index is 0. The molecule has 0 saturated heterocycles. The summed E-state index contributed by atoms with van der Waals surface area (Å²) >= 11 is 5.38. The number of thiocarbonyl (C=S) groups is 1. The molecule has 0 amide bonds. The van der Waals surface area contributed by atoms with E-state index >= 15 is 0 Å². The van der Waals surface area contributed by atoms with Crippen molar-refractivity contribution < 1.29 is 19.5 Å². The molecule has 0 saturated carbocycles. The van der Waals surface area contributed by atoms with Crippen LogP contribution in [0.3, 0.4) is 0 Å². The van der Waals surface area contributed by atoms with E-state index in [9.17, 15) is 0 Å². The maximum Gasteiger partial charge on any atom is 0.162 e. The summed E-state index contributed by atoms with van der Waals surface area (Å²) in [6, 6.07) is 0. The van der Waals surface area contributed by atoms with Crippen molar-refractivity contribution in [1.82, 2.24) is 5.43 Å². The molecule has 0 bridgehead atoms. The molecule has 0 spiro atoms. The van der Waals surface area contributed by atoms with Gasteiger partial charge in [-0.05, 0) is 11.9 Å². The van der Waals surface area contributed by atoms with Crippen molar-refractivity contribution in [2.24, 2.45) is 11.0 Å². The number of hydrazine groups is 1. The van der Waals surface area contributed by atoms with Crippen LogP contribution >= 0.6 is 24.2 Å². The van der Waals surface area contributed by atoms with Crippen molar-refractivity contribution in [3.8, 4) is 0 Å². The van der Waals surface area contributed by atoms with Crippen molar-refractivity contribution in [2.75, 3.05) is 0 Å². The van der Waals surface area contributed by atoms with E-state index in [-0.39, 0.29) is 19.5 Å². The second-order valence-electron chi connectivity index (χ2n) is 0.550. The first-order chi connectivity index (χ1) is 2.81. The van der Waals surface area contributed by atoms with E-state index in [0.29, 0.717) is 4.32 Å². The van der Waals surface area contributed by atoms with E-state index in [4.69, 9.17) is 11.0 Å². The predicted octanol–water partition coefficient (Wildman–Crippen LogP) is -0.661. The van der Waals surface area contributed by atoms with Gasteiger partial charge in [0, 0.05) is 19.5 Å². The third-order valence-electron chi connectivity index (χ3n) is 0.225. The molecule has 7 heavy (non-hydrogen) atoms. The molecule has 0 unspecified atom stereocenters. The van der Waals surface area contributed by atoms with Gasteiger partial charge < -0.3 is 5.43 Å². The Balaban J connectivity index is 0. The molecule has 0 aliphatic heterocycles. The third-order valence-corrected chi connectivity index (χ3v) is 0.963. The van der Waals surface area contributed by atoms with Gasteiger partial charge in [0.2, 0.25) is 0 Å². The summed E-state index contributed by atoms with van der Waals surface area (Å²) in [5, 5.41) is 4.92. The molecule has 0 atom stereocenters. The molecule has 5 N–H and O–H groups in total. The molecule has 0 aromatic rings. The Labute approximate surface area is 64.4 Å². The maximum atomic E-state index is 4.92.